The molecule has 0 aliphatic carbocycles. The lowest BCUT2D eigenvalue weighted by Gasteiger charge is -2.43. The van der Waals surface area contributed by atoms with Crippen LogP contribution in [0.25, 0.3) is 0 Å². The van der Waals surface area contributed by atoms with Gasteiger partial charge in [-0.2, -0.15) is 0 Å². The second-order valence-corrected chi connectivity index (χ2v) is 6.42. The maximum absolute atomic E-state index is 3.68. The number of hydrogen-bond donors (Lipinski definition) is 1. The highest BCUT2D eigenvalue weighted by Crippen LogP contribution is 2.16. The molecule has 0 aromatic heterocycles. The largest absolute Gasteiger partial charge is 0.315 e. The highest BCUT2D eigenvalue weighted by molar-refractivity contribution is 4.87. The first-order chi connectivity index (χ1) is 8.49. The molecule has 0 bridgehead atoms. The van der Waals surface area contributed by atoms with Gasteiger partial charge in [-0.25, -0.2) is 0 Å². The third kappa shape index (κ3) is 4.87. The molecule has 0 aromatic carbocycles. The van der Waals surface area contributed by atoms with Crippen LogP contribution in [0.15, 0.2) is 0 Å². The summed E-state index contributed by atoms with van der Waals surface area (Å²) in [4.78, 5) is 5.05. The Kier molecular flexibility index (Phi) is 6.61. The van der Waals surface area contributed by atoms with Crippen LogP contribution in [-0.2, 0) is 0 Å². The molecule has 1 aliphatic heterocycles. The van der Waals surface area contributed by atoms with Crippen molar-refractivity contribution < 1.29 is 0 Å². The minimum atomic E-state index is 0.285. The average Bonchev–Trinajstić information content (AvgIpc) is 2.35. The molecule has 0 radical (unpaired) electrons. The molecule has 1 rings (SSSR count). The van der Waals surface area contributed by atoms with E-state index in [-0.39, 0.29) is 5.54 Å². The van der Waals surface area contributed by atoms with E-state index in [2.05, 4.69) is 49.9 Å². The van der Waals surface area contributed by atoms with Gasteiger partial charge in [0.25, 0.3) is 0 Å². The lowest BCUT2D eigenvalue weighted by atomic mass is 9.99. The van der Waals surface area contributed by atoms with Crippen LogP contribution in [0, 0.1) is 5.92 Å². The van der Waals surface area contributed by atoms with E-state index in [1.807, 2.05) is 0 Å². The molecule has 0 aromatic rings. The molecular formula is C15H33N3. The Morgan fingerprint density at radius 2 is 1.61 bits per heavy atom. The Hall–Kier alpha value is -0.120. The van der Waals surface area contributed by atoms with E-state index in [1.165, 1.54) is 45.6 Å². The van der Waals surface area contributed by atoms with Crippen molar-refractivity contribution in [3.8, 4) is 0 Å². The van der Waals surface area contributed by atoms with Crippen LogP contribution < -0.4 is 5.32 Å². The zero-order valence-electron chi connectivity index (χ0n) is 13.1. The molecule has 3 heteroatoms. The number of nitrogens with one attached hydrogen (secondary N) is 1. The lowest BCUT2D eigenvalue weighted by Crippen LogP contribution is -2.57. The van der Waals surface area contributed by atoms with E-state index in [1.54, 1.807) is 0 Å². The average molecular weight is 255 g/mol. The smallest absolute Gasteiger partial charge is 0.0278 e. The molecule has 108 valence electrons. The molecule has 1 N–H and O–H groups in total. The van der Waals surface area contributed by atoms with E-state index in [0.717, 1.165) is 12.5 Å². The van der Waals surface area contributed by atoms with Crippen LogP contribution in [0.3, 0.4) is 0 Å². The predicted molar refractivity (Wildman–Crippen MR) is 80.1 cm³/mol. The second-order valence-electron chi connectivity index (χ2n) is 6.42. The molecule has 0 spiro atoms. The first-order valence-corrected chi connectivity index (χ1v) is 7.64. The number of nitrogens with zero attached hydrogens (tertiary/aromatic N) is 2. The predicted octanol–water partition coefficient (Wildman–Crippen LogP) is 2.04. The van der Waals surface area contributed by atoms with Gasteiger partial charge in [0.15, 0.2) is 0 Å². The second kappa shape index (κ2) is 7.46. The fourth-order valence-corrected chi connectivity index (χ4v) is 2.68. The van der Waals surface area contributed by atoms with Crippen molar-refractivity contribution in [3.05, 3.63) is 0 Å². The van der Waals surface area contributed by atoms with Gasteiger partial charge in [0.1, 0.15) is 0 Å². The quantitative estimate of drug-likeness (QED) is 0.751. The molecule has 0 atom stereocenters. The van der Waals surface area contributed by atoms with E-state index < -0.39 is 0 Å². The molecule has 0 amide bonds. The van der Waals surface area contributed by atoms with Crippen molar-refractivity contribution in [1.29, 1.82) is 0 Å². The summed E-state index contributed by atoms with van der Waals surface area (Å²) in [5.41, 5.74) is 0.285. The number of hydrogen-bond acceptors (Lipinski definition) is 3. The fourth-order valence-electron chi connectivity index (χ4n) is 2.68. The molecule has 1 aliphatic rings. The van der Waals surface area contributed by atoms with Gasteiger partial charge in [0.2, 0.25) is 0 Å². The maximum Gasteiger partial charge on any atom is 0.0278 e. The van der Waals surface area contributed by atoms with Gasteiger partial charge in [-0.05, 0) is 33.4 Å². The van der Waals surface area contributed by atoms with E-state index >= 15 is 0 Å². The van der Waals surface area contributed by atoms with Crippen LogP contribution in [0.4, 0.5) is 0 Å². The summed E-state index contributed by atoms with van der Waals surface area (Å²) < 4.78 is 0. The normalized spacial score (nSPS) is 19.7. The van der Waals surface area contributed by atoms with Gasteiger partial charge < -0.3 is 10.2 Å². The summed E-state index contributed by atoms with van der Waals surface area (Å²) in [6.07, 6.45) is 2.58. The van der Waals surface area contributed by atoms with E-state index in [4.69, 9.17) is 0 Å². The van der Waals surface area contributed by atoms with Crippen LogP contribution in [0.1, 0.15) is 40.5 Å². The number of likely N-dealkylation sites (N-methyl/N-ethyl adjacent to an activating group) is 1. The Morgan fingerprint density at radius 3 is 2.11 bits per heavy atom. The third-order valence-electron chi connectivity index (χ3n) is 4.50. The van der Waals surface area contributed by atoms with Crippen molar-refractivity contribution in [2.24, 2.45) is 5.92 Å². The van der Waals surface area contributed by atoms with Crippen molar-refractivity contribution in [2.75, 3.05) is 46.3 Å². The SMILES string of the molecule is CCC(CC)CNCC(C)(C)N1CCN(C)CC1. The fraction of sp³-hybridized carbons (Fsp3) is 1.00. The summed E-state index contributed by atoms with van der Waals surface area (Å²) in [6.45, 7) is 16.4. The van der Waals surface area contributed by atoms with Crippen molar-refractivity contribution >= 4 is 0 Å². The van der Waals surface area contributed by atoms with Gasteiger partial charge in [-0.15, -0.1) is 0 Å². The zero-order chi connectivity index (χ0) is 13.6. The molecule has 18 heavy (non-hydrogen) atoms. The Morgan fingerprint density at radius 1 is 1.06 bits per heavy atom. The summed E-state index contributed by atoms with van der Waals surface area (Å²) in [7, 11) is 2.22. The topological polar surface area (TPSA) is 18.5 Å². The van der Waals surface area contributed by atoms with Crippen LogP contribution in [0.5, 0.6) is 0 Å². The Labute approximate surface area is 114 Å². The standard InChI is InChI=1S/C15H33N3/c1-6-14(7-2)12-16-13-15(3,4)18-10-8-17(5)9-11-18/h14,16H,6-13H2,1-5H3. The monoisotopic (exact) mass is 255 g/mol. The summed E-state index contributed by atoms with van der Waals surface area (Å²) >= 11 is 0. The van der Waals surface area contributed by atoms with Crippen LogP contribution >= 0.6 is 0 Å². The first-order valence-electron chi connectivity index (χ1n) is 7.64. The summed E-state index contributed by atoms with van der Waals surface area (Å²) in [5, 5.41) is 3.68. The molecule has 3 nitrogen and oxygen atoms in total. The van der Waals surface area contributed by atoms with Gasteiger partial charge in [0.05, 0.1) is 0 Å². The third-order valence-corrected chi connectivity index (χ3v) is 4.50. The van der Waals surface area contributed by atoms with E-state index in [9.17, 15) is 0 Å². The molecule has 0 saturated carbocycles. The van der Waals surface area contributed by atoms with Crippen molar-refractivity contribution in [3.63, 3.8) is 0 Å². The lowest BCUT2D eigenvalue weighted by molar-refractivity contribution is 0.0613. The van der Waals surface area contributed by atoms with Gasteiger partial charge in [0, 0.05) is 38.3 Å². The Bertz CT molecular complexity index is 216. The zero-order valence-corrected chi connectivity index (χ0v) is 13.1. The molecule has 1 fully saturated rings. The minimum absolute atomic E-state index is 0.285. The molecule has 0 unspecified atom stereocenters. The van der Waals surface area contributed by atoms with Crippen molar-refractivity contribution in [2.45, 2.75) is 46.1 Å². The van der Waals surface area contributed by atoms with Gasteiger partial charge >= 0.3 is 0 Å². The van der Waals surface area contributed by atoms with Crippen LogP contribution in [0.2, 0.25) is 0 Å². The number of piperazine rings is 1. The highest BCUT2D eigenvalue weighted by Gasteiger charge is 2.28. The highest BCUT2D eigenvalue weighted by atomic mass is 15.3. The van der Waals surface area contributed by atoms with Gasteiger partial charge in [-0.3, -0.25) is 4.90 Å². The summed E-state index contributed by atoms with van der Waals surface area (Å²) in [6, 6.07) is 0. The Balaban J connectivity index is 2.30. The summed E-state index contributed by atoms with van der Waals surface area (Å²) in [5.74, 6) is 0.841. The number of rotatable bonds is 7. The first kappa shape index (κ1) is 15.9. The van der Waals surface area contributed by atoms with E-state index in [0.29, 0.717) is 0 Å². The maximum atomic E-state index is 3.68. The van der Waals surface area contributed by atoms with Crippen molar-refractivity contribution in [1.82, 2.24) is 15.1 Å². The molecule has 1 saturated heterocycles. The van der Waals surface area contributed by atoms with Crippen LogP contribution in [-0.4, -0.2) is 61.7 Å². The minimum Gasteiger partial charge on any atom is -0.315 e. The van der Waals surface area contributed by atoms with Gasteiger partial charge in [-0.1, -0.05) is 26.7 Å². The molecule has 1 heterocycles. The molecular weight excluding hydrogens is 222 g/mol.